The van der Waals surface area contributed by atoms with E-state index in [2.05, 4.69) is 18.6 Å². The Morgan fingerprint density at radius 2 is 2.25 bits per heavy atom. The number of hydrogen-bond acceptors (Lipinski definition) is 3. The standard InChI is InChI=1S/C9H16O3/c1-3-8(2)4-5-9(11)12-7-6-10/h6,8H,3-5,7H2,1-2H3. The van der Waals surface area contributed by atoms with Crippen molar-refractivity contribution in [3.05, 3.63) is 0 Å². The van der Waals surface area contributed by atoms with Crippen molar-refractivity contribution in [2.24, 2.45) is 5.92 Å². The molecule has 1 unspecified atom stereocenters. The third kappa shape index (κ3) is 5.89. The van der Waals surface area contributed by atoms with Gasteiger partial charge in [0, 0.05) is 6.42 Å². The summed E-state index contributed by atoms with van der Waals surface area (Å²) in [4.78, 5) is 20.7. The molecule has 0 amide bonds. The first-order chi connectivity index (χ1) is 5.70. The van der Waals surface area contributed by atoms with Gasteiger partial charge in [-0.15, -0.1) is 0 Å². The van der Waals surface area contributed by atoms with Crippen LogP contribution in [0.4, 0.5) is 0 Å². The van der Waals surface area contributed by atoms with Crippen LogP contribution in [0, 0.1) is 5.92 Å². The smallest absolute Gasteiger partial charge is 0.306 e. The van der Waals surface area contributed by atoms with Gasteiger partial charge in [0.2, 0.25) is 0 Å². The number of hydrogen-bond donors (Lipinski definition) is 0. The molecule has 0 fully saturated rings. The Bertz CT molecular complexity index is 143. The van der Waals surface area contributed by atoms with Gasteiger partial charge in [-0.05, 0) is 12.3 Å². The fourth-order valence-electron chi connectivity index (χ4n) is 0.768. The second kappa shape index (κ2) is 6.83. The molecule has 0 aromatic heterocycles. The lowest BCUT2D eigenvalue weighted by molar-refractivity contribution is -0.145. The number of carbonyl (C=O) groups is 2. The molecule has 0 N–H and O–H groups in total. The monoisotopic (exact) mass is 172 g/mol. The Kier molecular flexibility index (Phi) is 6.34. The molecular weight excluding hydrogens is 156 g/mol. The Morgan fingerprint density at radius 3 is 2.75 bits per heavy atom. The maximum Gasteiger partial charge on any atom is 0.306 e. The summed E-state index contributed by atoms with van der Waals surface area (Å²) >= 11 is 0. The van der Waals surface area contributed by atoms with E-state index in [4.69, 9.17) is 0 Å². The number of esters is 1. The highest BCUT2D eigenvalue weighted by atomic mass is 16.5. The average Bonchev–Trinajstić information content (AvgIpc) is 2.10. The molecule has 0 saturated heterocycles. The van der Waals surface area contributed by atoms with Crippen LogP contribution in [0.5, 0.6) is 0 Å². The van der Waals surface area contributed by atoms with Gasteiger partial charge >= 0.3 is 5.97 Å². The largest absolute Gasteiger partial charge is 0.458 e. The second-order valence-corrected chi connectivity index (χ2v) is 2.90. The highest BCUT2D eigenvalue weighted by Gasteiger charge is 2.05. The molecule has 0 saturated carbocycles. The van der Waals surface area contributed by atoms with Crippen LogP contribution < -0.4 is 0 Å². The molecule has 0 spiro atoms. The zero-order valence-electron chi connectivity index (χ0n) is 7.71. The van der Waals surface area contributed by atoms with Crippen LogP contribution in [0.2, 0.25) is 0 Å². The van der Waals surface area contributed by atoms with Crippen LogP contribution in [-0.4, -0.2) is 18.9 Å². The van der Waals surface area contributed by atoms with Crippen molar-refractivity contribution in [1.29, 1.82) is 0 Å². The van der Waals surface area contributed by atoms with Crippen LogP contribution in [0.15, 0.2) is 0 Å². The van der Waals surface area contributed by atoms with Gasteiger partial charge < -0.3 is 4.74 Å². The third-order valence-electron chi connectivity index (χ3n) is 1.85. The minimum atomic E-state index is -0.276. The minimum absolute atomic E-state index is 0.112. The van der Waals surface area contributed by atoms with E-state index in [1.807, 2.05) is 0 Å². The summed E-state index contributed by atoms with van der Waals surface area (Å²) in [7, 11) is 0. The number of rotatable bonds is 6. The normalized spacial score (nSPS) is 12.2. The number of aldehydes is 1. The summed E-state index contributed by atoms with van der Waals surface area (Å²) < 4.78 is 4.58. The SMILES string of the molecule is CCC(C)CCC(=O)OCC=O. The molecule has 0 aliphatic carbocycles. The summed E-state index contributed by atoms with van der Waals surface area (Å²) in [5.41, 5.74) is 0. The quantitative estimate of drug-likeness (QED) is 0.451. The average molecular weight is 172 g/mol. The molecule has 0 rings (SSSR count). The summed E-state index contributed by atoms with van der Waals surface area (Å²) in [6.45, 7) is 4.06. The Balaban J connectivity index is 3.36. The molecule has 0 aromatic carbocycles. The van der Waals surface area contributed by atoms with Gasteiger partial charge in [-0.1, -0.05) is 20.3 Å². The minimum Gasteiger partial charge on any atom is -0.458 e. The lowest BCUT2D eigenvalue weighted by atomic mass is 10.0. The summed E-state index contributed by atoms with van der Waals surface area (Å²) in [5, 5.41) is 0. The molecule has 12 heavy (non-hydrogen) atoms. The van der Waals surface area contributed by atoms with E-state index in [-0.39, 0.29) is 12.6 Å². The van der Waals surface area contributed by atoms with E-state index in [0.29, 0.717) is 18.6 Å². The van der Waals surface area contributed by atoms with E-state index in [9.17, 15) is 9.59 Å². The molecule has 0 heterocycles. The Labute approximate surface area is 73.1 Å². The van der Waals surface area contributed by atoms with E-state index in [1.54, 1.807) is 0 Å². The molecular formula is C9H16O3. The molecule has 0 aliphatic rings. The fourth-order valence-corrected chi connectivity index (χ4v) is 0.768. The van der Waals surface area contributed by atoms with Gasteiger partial charge in [0.15, 0.2) is 6.29 Å². The predicted molar refractivity (Wildman–Crippen MR) is 45.7 cm³/mol. The van der Waals surface area contributed by atoms with Gasteiger partial charge in [0.05, 0.1) is 0 Å². The van der Waals surface area contributed by atoms with Gasteiger partial charge in [-0.2, -0.15) is 0 Å². The predicted octanol–water partition coefficient (Wildman–Crippen LogP) is 1.55. The highest BCUT2D eigenvalue weighted by Crippen LogP contribution is 2.09. The van der Waals surface area contributed by atoms with Gasteiger partial charge in [0.25, 0.3) is 0 Å². The van der Waals surface area contributed by atoms with Gasteiger partial charge in [-0.25, -0.2) is 0 Å². The van der Waals surface area contributed by atoms with Crippen molar-refractivity contribution in [2.45, 2.75) is 33.1 Å². The van der Waals surface area contributed by atoms with Crippen LogP contribution in [0.3, 0.4) is 0 Å². The van der Waals surface area contributed by atoms with E-state index < -0.39 is 0 Å². The van der Waals surface area contributed by atoms with Crippen LogP contribution in [0.1, 0.15) is 33.1 Å². The van der Waals surface area contributed by atoms with Gasteiger partial charge in [0.1, 0.15) is 6.61 Å². The first kappa shape index (κ1) is 11.1. The molecule has 0 aliphatic heterocycles. The number of ether oxygens (including phenoxy) is 1. The van der Waals surface area contributed by atoms with Crippen molar-refractivity contribution in [2.75, 3.05) is 6.61 Å². The molecule has 1 atom stereocenters. The lowest BCUT2D eigenvalue weighted by Gasteiger charge is -2.06. The molecule has 0 radical (unpaired) electrons. The van der Waals surface area contributed by atoms with Crippen molar-refractivity contribution in [3.63, 3.8) is 0 Å². The zero-order valence-corrected chi connectivity index (χ0v) is 7.71. The molecule has 3 heteroatoms. The summed E-state index contributed by atoms with van der Waals surface area (Å²) in [5.74, 6) is 0.274. The maximum absolute atomic E-state index is 10.8. The van der Waals surface area contributed by atoms with Crippen molar-refractivity contribution < 1.29 is 14.3 Å². The molecule has 70 valence electrons. The third-order valence-corrected chi connectivity index (χ3v) is 1.85. The molecule has 3 nitrogen and oxygen atoms in total. The van der Waals surface area contributed by atoms with Crippen molar-refractivity contribution in [1.82, 2.24) is 0 Å². The summed E-state index contributed by atoms with van der Waals surface area (Å²) in [6, 6.07) is 0. The van der Waals surface area contributed by atoms with Crippen LogP contribution >= 0.6 is 0 Å². The van der Waals surface area contributed by atoms with E-state index >= 15 is 0 Å². The Hall–Kier alpha value is -0.860. The first-order valence-electron chi connectivity index (χ1n) is 4.30. The van der Waals surface area contributed by atoms with Crippen LogP contribution in [0.25, 0.3) is 0 Å². The maximum atomic E-state index is 10.8. The summed E-state index contributed by atoms with van der Waals surface area (Å²) in [6.07, 6.45) is 2.92. The van der Waals surface area contributed by atoms with E-state index in [0.717, 1.165) is 12.8 Å². The molecule has 0 aromatic rings. The zero-order chi connectivity index (χ0) is 9.40. The number of carbonyl (C=O) groups excluding carboxylic acids is 2. The van der Waals surface area contributed by atoms with Crippen molar-refractivity contribution >= 4 is 12.3 Å². The fraction of sp³-hybridized carbons (Fsp3) is 0.778. The van der Waals surface area contributed by atoms with Crippen LogP contribution in [-0.2, 0) is 14.3 Å². The molecule has 0 bridgehead atoms. The lowest BCUT2D eigenvalue weighted by Crippen LogP contribution is -2.07. The van der Waals surface area contributed by atoms with E-state index in [1.165, 1.54) is 0 Å². The first-order valence-corrected chi connectivity index (χ1v) is 4.30. The highest BCUT2D eigenvalue weighted by molar-refractivity contribution is 5.71. The van der Waals surface area contributed by atoms with Crippen molar-refractivity contribution in [3.8, 4) is 0 Å². The van der Waals surface area contributed by atoms with Gasteiger partial charge in [-0.3, -0.25) is 9.59 Å². The topological polar surface area (TPSA) is 43.4 Å². The Morgan fingerprint density at radius 1 is 1.58 bits per heavy atom. The second-order valence-electron chi connectivity index (χ2n) is 2.90.